The van der Waals surface area contributed by atoms with E-state index in [9.17, 15) is 13.2 Å². The number of carbonyl (C=O) groups excluding carboxylic acids is 1. The number of hydrogen-bond acceptors (Lipinski definition) is 5. The van der Waals surface area contributed by atoms with Crippen molar-refractivity contribution in [3.8, 4) is 0 Å². The SMILES string of the molecule is O=C(NCc1cccnc1)Nc1ccc(S(=O)(=O)N2CCN(C/C=C/c3ccccc3)CC2)cc1. The number of nitrogens with zero attached hydrogens (tertiary/aromatic N) is 3. The maximum Gasteiger partial charge on any atom is 0.319 e. The highest BCUT2D eigenvalue weighted by Gasteiger charge is 2.28. The van der Waals surface area contributed by atoms with Crippen LogP contribution in [0.3, 0.4) is 0 Å². The van der Waals surface area contributed by atoms with Crippen LogP contribution in [-0.2, 0) is 16.6 Å². The Labute approximate surface area is 206 Å². The fourth-order valence-electron chi connectivity index (χ4n) is 3.77. The van der Waals surface area contributed by atoms with Gasteiger partial charge in [0.2, 0.25) is 10.0 Å². The first-order valence-electron chi connectivity index (χ1n) is 11.5. The molecule has 0 spiro atoms. The molecular weight excluding hydrogens is 462 g/mol. The zero-order valence-corrected chi connectivity index (χ0v) is 20.2. The second kappa shape index (κ2) is 11.7. The molecule has 35 heavy (non-hydrogen) atoms. The van der Waals surface area contributed by atoms with E-state index in [4.69, 9.17) is 0 Å². The average molecular weight is 492 g/mol. The molecule has 0 radical (unpaired) electrons. The quantitative estimate of drug-likeness (QED) is 0.504. The van der Waals surface area contributed by atoms with Crippen molar-refractivity contribution < 1.29 is 13.2 Å². The van der Waals surface area contributed by atoms with Crippen LogP contribution in [0.15, 0.2) is 90.1 Å². The first-order valence-corrected chi connectivity index (χ1v) is 12.9. The van der Waals surface area contributed by atoms with Crippen LogP contribution < -0.4 is 10.6 Å². The van der Waals surface area contributed by atoms with Crippen molar-refractivity contribution in [2.75, 3.05) is 38.0 Å². The van der Waals surface area contributed by atoms with Crippen molar-refractivity contribution in [3.63, 3.8) is 0 Å². The Bertz CT molecular complexity index is 1220. The number of amides is 2. The van der Waals surface area contributed by atoms with E-state index in [0.717, 1.165) is 17.7 Å². The van der Waals surface area contributed by atoms with Crippen molar-refractivity contribution in [2.24, 2.45) is 0 Å². The smallest absolute Gasteiger partial charge is 0.319 e. The minimum absolute atomic E-state index is 0.219. The van der Waals surface area contributed by atoms with Crippen LogP contribution in [0.4, 0.5) is 10.5 Å². The maximum atomic E-state index is 13.1. The number of pyridine rings is 1. The summed E-state index contributed by atoms with van der Waals surface area (Å²) in [4.78, 5) is 18.6. The molecule has 4 rings (SSSR count). The summed E-state index contributed by atoms with van der Waals surface area (Å²) >= 11 is 0. The largest absolute Gasteiger partial charge is 0.334 e. The van der Waals surface area contributed by atoms with Crippen LogP contribution in [0.25, 0.3) is 6.08 Å². The molecular formula is C26H29N5O3S. The van der Waals surface area contributed by atoms with Gasteiger partial charge < -0.3 is 10.6 Å². The molecule has 3 aromatic rings. The van der Waals surface area contributed by atoms with E-state index in [2.05, 4.69) is 44.8 Å². The minimum atomic E-state index is -3.59. The number of anilines is 1. The van der Waals surface area contributed by atoms with Crippen LogP contribution in [0.5, 0.6) is 0 Å². The summed E-state index contributed by atoms with van der Waals surface area (Å²) in [6.45, 7) is 3.37. The third kappa shape index (κ3) is 6.98. The van der Waals surface area contributed by atoms with Gasteiger partial charge >= 0.3 is 6.03 Å². The first-order chi connectivity index (χ1) is 17.0. The van der Waals surface area contributed by atoms with E-state index < -0.39 is 10.0 Å². The lowest BCUT2D eigenvalue weighted by Crippen LogP contribution is -2.48. The maximum absolute atomic E-state index is 13.1. The molecule has 9 heteroatoms. The van der Waals surface area contributed by atoms with Crippen molar-refractivity contribution >= 4 is 27.8 Å². The van der Waals surface area contributed by atoms with Crippen molar-refractivity contribution in [1.82, 2.24) is 19.5 Å². The highest BCUT2D eigenvalue weighted by molar-refractivity contribution is 7.89. The number of benzene rings is 2. The molecule has 182 valence electrons. The molecule has 0 unspecified atom stereocenters. The van der Waals surface area contributed by atoms with E-state index in [0.29, 0.717) is 38.4 Å². The second-order valence-electron chi connectivity index (χ2n) is 8.21. The van der Waals surface area contributed by atoms with Gasteiger partial charge in [-0.1, -0.05) is 48.6 Å². The third-order valence-corrected chi connectivity index (χ3v) is 7.64. The standard InChI is InChI=1S/C26H29N5O3S/c32-26(28-21-23-8-4-14-27-20-23)29-24-10-12-25(13-11-24)35(33,34)31-18-16-30(17-19-31)15-5-9-22-6-2-1-3-7-22/h1-14,20H,15-19,21H2,(H2,28,29,32)/b9-5+. The molecule has 0 bridgehead atoms. The van der Waals surface area contributed by atoms with E-state index in [1.807, 2.05) is 24.3 Å². The highest BCUT2D eigenvalue weighted by Crippen LogP contribution is 2.20. The Balaban J connectivity index is 1.25. The fraction of sp³-hybridized carbons (Fsp3) is 0.231. The molecule has 0 saturated carbocycles. The first kappa shape index (κ1) is 24.6. The van der Waals surface area contributed by atoms with Crippen LogP contribution in [-0.4, -0.2) is 61.4 Å². The molecule has 1 aromatic heterocycles. The number of hydrogen-bond donors (Lipinski definition) is 2. The summed E-state index contributed by atoms with van der Waals surface area (Å²) in [5, 5.41) is 5.46. The summed E-state index contributed by atoms with van der Waals surface area (Å²) in [6, 6.07) is 19.7. The summed E-state index contributed by atoms with van der Waals surface area (Å²) in [7, 11) is -3.59. The van der Waals surface area contributed by atoms with E-state index in [-0.39, 0.29) is 10.9 Å². The average Bonchev–Trinajstić information content (AvgIpc) is 2.89. The Morgan fingerprint density at radius 1 is 0.943 bits per heavy atom. The van der Waals surface area contributed by atoms with Gasteiger partial charge in [-0.15, -0.1) is 0 Å². The monoisotopic (exact) mass is 491 g/mol. The second-order valence-corrected chi connectivity index (χ2v) is 10.1. The predicted molar refractivity (Wildman–Crippen MR) is 137 cm³/mol. The Morgan fingerprint density at radius 2 is 1.69 bits per heavy atom. The summed E-state index contributed by atoms with van der Waals surface area (Å²) < 4.78 is 27.7. The highest BCUT2D eigenvalue weighted by atomic mass is 32.2. The van der Waals surface area contributed by atoms with E-state index in [1.54, 1.807) is 30.6 Å². The lowest BCUT2D eigenvalue weighted by molar-refractivity contribution is 0.204. The van der Waals surface area contributed by atoms with Gasteiger partial charge in [0.05, 0.1) is 4.90 Å². The zero-order valence-electron chi connectivity index (χ0n) is 19.4. The van der Waals surface area contributed by atoms with Gasteiger partial charge in [-0.2, -0.15) is 4.31 Å². The molecule has 8 nitrogen and oxygen atoms in total. The molecule has 1 fully saturated rings. The van der Waals surface area contributed by atoms with Crippen molar-refractivity contribution in [2.45, 2.75) is 11.4 Å². The molecule has 2 N–H and O–H groups in total. The van der Waals surface area contributed by atoms with E-state index >= 15 is 0 Å². The fourth-order valence-corrected chi connectivity index (χ4v) is 5.20. The third-order valence-electron chi connectivity index (χ3n) is 5.73. The van der Waals surface area contributed by atoms with Crippen LogP contribution in [0.2, 0.25) is 0 Å². The van der Waals surface area contributed by atoms with Crippen LogP contribution >= 0.6 is 0 Å². The minimum Gasteiger partial charge on any atom is -0.334 e. The van der Waals surface area contributed by atoms with Gasteiger partial charge in [0.1, 0.15) is 0 Å². The normalized spacial score (nSPS) is 15.2. The Morgan fingerprint density at radius 3 is 2.37 bits per heavy atom. The summed E-state index contributed by atoms with van der Waals surface area (Å²) in [5.74, 6) is 0. The Kier molecular flexibility index (Phi) is 8.25. The van der Waals surface area contributed by atoms with Gasteiger partial charge in [-0.3, -0.25) is 9.88 Å². The van der Waals surface area contributed by atoms with Crippen molar-refractivity contribution in [1.29, 1.82) is 0 Å². The number of carbonyl (C=O) groups is 1. The van der Waals surface area contributed by atoms with E-state index in [1.165, 1.54) is 16.4 Å². The molecule has 2 heterocycles. The van der Waals surface area contributed by atoms with Crippen molar-refractivity contribution in [3.05, 3.63) is 96.3 Å². The van der Waals surface area contributed by atoms with Crippen LogP contribution in [0, 0.1) is 0 Å². The number of urea groups is 1. The molecule has 1 aliphatic rings. The zero-order chi connectivity index (χ0) is 24.5. The van der Waals surface area contributed by atoms with Gasteiger partial charge in [0.15, 0.2) is 0 Å². The molecule has 1 saturated heterocycles. The predicted octanol–water partition coefficient (Wildman–Crippen LogP) is 3.42. The molecule has 2 amide bonds. The number of nitrogens with one attached hydrogen (secondary N) is 2. The summed E-state index contributed by atoms with van der Waals surface area (Å²) in [6.07, 6.45) is 7.54. The number of rotatable bonds is 8. The summed E-state index contributed by atoms with van der Waals surface area (Å²) in [5.41, 5.74) is 2.55. The topological polar surface area (TPSA) is 94.6 Å². The Hall–Kier alpha value is -3.53. The lowest BCUT2D eigenvalue weighted by Gasteiger charge is -2.33. The van der Waals surface area contributed by atoms with Crippen LogP contribution in [0.1, 0.15) is 11.1 Å². The molecule has 0 aliphatic carbocycles. The van der Waals surface area contributed by atoms with Gasteiger partial charge in [-0.05, 0) is 41.5 Å². The van der Waals surface area contributed by atoms with Gasteiger partial charge in [-0.25, -0.2) is 13.2 Å². The molecule has 0 atom stereocenters. The number of sulfonamides is 1. The van der Waals surface area contributed by atoms with Gasteiger partial charge in [0.25, 0.3) is 0 Å². The molecule has 1 aliphatic heterocycles. The number of piperazine rings is 1. The number of aromatic nitrogens is 1. The lowest BCUT2D eigenvalue weighted by atomic mass is 10.2. The molecule has 2 aromatic carbocycles. The van der Waals surface area contributed by atoms with Gasteiger partial charge in [0, 0.05) is 57.3 Å².